The zero-order valence-electron chi connectivity index (χ0n) is 17.7. The number of thiophene rings is 1. The number of esters is 1. The van der Waals surface area contributed by atoms with Gasteiger partial charge in [-0.2, -0.15) is 0 Å². The van der Waals surface area contributed by atoms with Crippen molar-refractivity contribution in [2.75, 3.05) is 11.9 Å². The summed E-state index contributed by atoms with van der Waals surface area (Å²) in [6, 6.07) is 7.88. The predicted octanol–water partition coefficient (Wildman–Crippen LogP) is 4.18. The molecule has 1 aliphatic rings. The molecule has 1 aliphatic carbocycles. The molecular weight excluding hydrogens is 400 g/mol. The molecule has 3 rings (SSSR count). The van der Waals surface area contributed by atoms with Gasteiger partial charge in [-0.3, -0.25) is 9.59 Å². The lowest BCUT2D eigenvalue weighted by Crippen LogP contribution is -2.31. The van der Waals surface area contributed by atoms with Crippen molar-refractivity contribution in [1.82, 2.24) is 5.32 Å². The SMILES string of the molecule is CCc1ccc([C@@H](C)NC(=O)COC(=O)c2c(NC(C)=O)sc3c2CCCC3)cc1. The van der Waals surface area contributed by atoms with E-state index >= 15 is 0 Å². The number of hydrogen-bond donors (Lipinski definition) is 2. The lowest BCUT2D eigenvalue weighted by atomic mass is 9.95. The highest BCUT2D eigenvalue weighted by Crippen LogP contribution is 2.38. The third-order valence-corrected chi connectivity index (χ3v) is 6.47. The Morgan fingerprint density at radius 1 is 1.13 bits per heavy atom. The van der Waals surface area contributed by atoms with E-state index in [1.807, 2.05) is 31.2 Å². The number of amides is 2. The average molecular weight is 429 g/mol. The van der Waals surface area contributed by atoms with Crippen LogP contribution in [0.5, 0.6) is 0 Å². The molecule has 0 spiro atoms. The highest BCUT2D eigenvalue weighted by atomic mass is 32.1. The van der Waals surface area contributed by atoms with Crippen LogP contribution in [0.25, 0.3) is 0 Å². The number of carbonyl (C=O) groups excluding carboxylic acids is 3. The van der Waals surface area contributed by atoms with E-state index in [1.165, 1.54) is 23.8 Å². The fourth-order valence-corrected chi connectivity index (χ4v) is 4.96. The maximum Gasteiger partial charge on any atom is 0.341 e. The molecule has 2 aromatic rings. The predicted molar refractivity (Wildman–Crippen MR) is 118 cm³/mol. The first kappa shape index (κ1) is 22.0. The Kier molecular flexibility index (Phi) is 7.26. The lowest BCUT2D eigenvalue weighted by molar-refractivity contribution is -0.124. The second kappa shape index (κ2) is 9.89. The summed E-state index contributed by atoms with van der Waals surface area (Å²) in [5, 5.41) is 6.12. The van der Waals surface area contributed by atoms with Gasteiger partial charge < -0.3 is 15.4 Å². The van der Waals surface area contributed by atoms with Crippen molar-refractivity contribution in [2.24, 2.45) is 0 Å². The van der Waals surface area contributed by atoms with Crippen LogP contribution in [-0.2, 0) is 33.6 Å². The number of carbonyl (C=O) groups is 3. The first-order valence-corrected chi connectivity index (χ1v) is 11.2. The number of benzene rings is 1. The van der Waals surface area contributed by atoms with Gasteiger partial charge >= 0.3 is 5.97 Å². The molecule has 160 valence electrons. The molecule has 2 amide bonds. The Morgan fingerprint density at radius 3 is 2.50 bits per heavy atom. The number of anilines is 1. The number of ether oxygens (including phenoxy) is 1. The number of aryl methyl sites for hydroxylation is 2. The van der Waals surface area contributed by atoms with E-state index in [2.05, 4.69) is 17.6 Å². The van der Waals surface area contributed by atoms with Gasteiger partial charge in [-0.1, -0.05) is 31.2 Å². The smallest absolute Gasteiger partial charge is 0.341 e. The van der Waals surface area contributed by atoms with Gasteiger partial charge in [0.15, 0.2) is 6.61 Å². The maximum atomic E-state index is 12.8. The van der Waals surface area contributed by atoms with Gasteiger partial charge in [-0.25, -0.2) is 4.79 Å². The Hall–Kier alpha value is -2.67. The third kappa shape index (κ3) is 5.27. The summed E-state index contributed by atoms with van der Waals surface area (Å²) in [4.78, 5) is 37.7. The molecule has 1 atom stereocenters. The van der Waals surface area contributed by atoms with Crippen molar-refractivity contribution < 1.29 is 19.1 Å². The highest BCUT2D eigenvalue weighted by Gasteiger charge is 2.27. The molecule has 7 heteroatoms. The van der Waals surface area contributed by atoms with Crippen LogP contribution in [0, 0.1) is 0 Å². The lowest BCUT2D eigenvalue weighted by Gasteiger charge is -2.15. The minimum Gasteiger partial charge on any atom is -0.452 e. The molecule has 6 nitrogen and oxygen atoms in total. The van der Waals surface area contributed by atoms with Gasteiger partial charge in [0.05, 0.1) is 11.6 Å². The van der Waals surface area contributed by atoms with Gasteiger partial charge in [0.2, 0.25) is 5.91 Å². The Balaban J connectivity index is 1.62. The minimum atomic E-state index is -0.562. The van der Waals surface area contributed by atoms with Crippen molar-refractivity contribution in [1.29, 1.82) is 0 Å². The highest BCUT2D eigenvalue weighted by molar-refractivity contribution is 7.17. The Bertz CT molecular complexity index is 933. The molecule has 1 heterocycles. The first-order chi connectivity index (χ1) is 14.4. The van der Waals surface area contributed by atoms with E-state index < -0.39 is 5.97 Å². The summed E-state index contributed by atoms with van der Waals surface area (Å²) >= 11 is 1.43. The van der Waals surface area contributed by atoms with Crippen molar-refractivity contribution in [2.45, 2.75) is 58.9 Å². The molecule has 0 unspecified atom stereocenters. The van der Waals surface area contributed by atoms with Gasteiger partial charge in [-0.05, 0) is 55.7 Å². The zero-order chi connectivity index (χ0) is 21.7. The first-order valence-electron chi connectivity index (χ1n) is 10.4. The van der Waals surface area contributed by atoms with Crippen LogP contribution < -0.4 is 10.6 Å². The van der Waals surface area contributed by atoms with Crippen LogP contribution in [0.2, 0.25) is 0 Å². The standard InChI is InChI=1S/C23H28N2O4S/c1-4-16-9-11-17(12-10-16)14(2)24-20(27)13-29-23(28)21-18-7-5-6-8-19(18)30-22(21)25-15(3)26/h9-12,14H,4-8,13H2,1-3H3,(H,24,27)(H,25,26)/t14-/m1/s1. The minimum absolute atomic E-state index is 0.189. The van der Waals surface area contributed by atoms with Crippen LogP contribution in [0.15, 0.2) is 24.3 Å². The molecule has 0 saturated heterocycles. The van der Waals surface area contributed by atoms with E-state index in [4.69, 9.17) is 4.74 Å². The normalized spacial score (nSPS) is 13.8. The van der Waals surface area contributed by atoms with Gasteiger partial charge in [0.1, 0.15) is 5.00 Å². The molecule has 0 aliphatic heterocycles. The van der Waals surface area contributed by atoms with Gasteiger partial charge in [-0.15, -0.1) is 11.3 Å². The second-order valence-corrected chi connectivity index (χ2v) is 8.66. The van der Waals surface area contributed by atoms with E-state index in [0.29, 0.717) is 10.6 Å². The third-order valence-electron chi connectivity index (χ3n) is 5.26. The van der Waals surface area contributed by atoms with E-state index in [1.54, 1.807) is 0 Å². The number of nitrogens with one attached hydrogen (secondary N) is 2. The summed E-state index contributed by atoms with van der Waals surface area (Å²) in [7, 11) is 0. The van der Waals surface area contributed by atoms with Crippen LogP contribution >= 0.6 is 11.3 Å². The fourth-order valence-electron chi connectivity index (χ4n) is 3.64. The summed E-state index contributed by atoms with van der Waals surface area (Å²) < 4.78 is 5.31. The average Bonchev–Trinajstić information content (AvgIpc) is 3.09. The van der Waals surface area contributed by atoms with Crippen molar-refractivity contribution in [3.63, 3.8) is 0 Å². The van der Waals surface area contributed by atoms with E-state index in [-0.39, 0.29) is 24.5 Å². The number of rotatable bonds is 7. The molecule has 0 bridgehead atoms. The molecule has 1 aromatic carbocycles. The largest absolute Gasteiger partial charge is 0.452 e. The monoisotopic (exact) mass is 428 g/mol. The Morgan fingerprint density at radius 2 is 1.83 bits per heavy atom. The van der Waals surface area contributed by atoms with Crippen LogP contribution in [0.4, 0.5) is 5.00 Å². The summed E-state index contributed by atoms with van der Waals surface area (Å²) in [5.41, 5.74) is 3.58. The van der Waals surface area contributed by atoms with Crippen LogP contribution in [-0.4, -0.2) is 24.4 Å². The maximum absolute atomic E-state index is 12.8. The quantitative estimate of drug-likeness (QED) is 0.648. The van der Waals surface area contributed by atoms with Crippen LogP contribution in [0.1, 0.15) is 71.6 Å². The van der Waals surface area contributed by atoms with E-state index in [0.717, 1.165) is 48.1 Å². The fraction of sp³-hybridized carbons (Fsp3) is 0.435. The molecule has 0 saturated carbocycles. The number of hydrogen-bond acceptors (Lipinski definition) is 5. The molecule has 30 heavy (non-hydrogen) atoms. The Labute approximate surface area is 181 Å². The molecule has 0 radical (unpaired) electrons. The molecular formula is C23H28N2O4S. The molecule has 1 aromatic heterocycles. The van der Waals surface area contributed by atoms with Crippen molar-refractivity contribution in [3.8, 4) is 0 Å². The molecule has 2 N–H and O–H groups in total. The van der Waals surface area contributed by atoms with Crippen molar-refractivity contribution in [3.05, 3.63) is 51.4 Å². The van der Waals surface area contributed by atoms with E-state index in [9.17, 15) is 14.4 Å². The van der Waals surface area contributed by atoms with Crippen LogP contribution in [0.3, 0.4) is 0 Å². The summed E-state index contributed by atoms with van der Waals surface area (Å²) in [6.07, 6.45) is 4.71. The number of fused-ring (bicyclic) bond motifs is 1. The summed E-state index contributed by atoms with van der Waals surface area (Å²) in [5.74, 6) is -1.16. The van der Waals surface area contributed by atoms with Gasteiger partial charge in [0, 0.05) is 11.8 Å². The van der Waals surface area contributed by atoms with Crippen molar-refractivity contribution >= 4 is 34.1 Å². The topological polar surface area (TPSA) is 84.5 Å². The second-order valence-electron chi connectivity index (χ2n) is 7.56. The molecule has 0 fully saturated rings. The van der Waals surface area contributed by atoms with Gasteiger partial charge in [0.25, 0.3) is 5.91 Å². The summed E-state index contributed by atoms with van der Waals surface area (Å²) in [6.45, 7) is 5.04. The zero-order valence-corrected chi connectivity index (χ0v) is 18.5.